The van der Waals surface area contributed by atoms with Crippen molar-refractivity contribution in [2.75, 3.05) is 7.05 Å². The van der Waals surface area contributed by atoms with E-state index in [2.05, 4.69) is 27.4 Å². The van der Waals surface area contributed by atoms with Crippen LogP contribution in [0, 0.1) is 6.92 Å². The Kier molecular flexibility index (Phi) is 5.25. The fourth-order valence-electron chi connectivity index (χ4n) is 1.51. The molecule has 2 aromatic heterocycles. The van der Waals surface area contributed by atoms with E-state index < -0.39 is 0 Å². The molecule has 5 nitrogen and oxygen atoms in total. The fraction of sp³-hybridized carbons (Fsp3) is 0.417. The molecule has 98 valence electrons. The third kappa shape index (κ3) is 3.27. The summed E-state index contributed by atoms with van der Waals surface area (Å²) >= 11 is 0. The van der Waals surface area contributed by atoms with Crippen molar-refractivity contribution in [1.82, 2.24) is 20.4 Å². The quantitative estimate of drug-likeness (QED) is 0.919. The third-order valence-corrected chi connectivity index (χ3v) is 2.72. The molecular formula is C12H17ClN4O. The SMILES string of the molecule is CNC(C)Cc1noc(-c2cnccc2C)n1.Cl. The van der Waals surface area contributed by atoms with Crippen LogP contribution in [0.15, 0.2) is 23.0 Å². The van der Waals surface area contributed by atoms with Crippen molar-refractivity contribution in [3.05, 3.63) is 29.8 Å². The lowest BCUT2D eigenvalue weighted by molar-refractivity contribution is 0.418. The van der Waals surface area contributed by atoms with E-state index in [0.717, 1.165) is 17.5 Å². The Labute approximate surface area is 112 Å². The van der Waals surface area contributed by atoms with Crippen LogP contribution in [0.25, 0.3) is 11.5 Å². The number of likely N-dealkylation sites (N-methyl/N-ethyl adjacent to an activating group) is 1. The molecule has 0 aliphatic rings. The molecule has 2 rings (SSSR count). The molecule has 0 saturated carbocycles. The maximum Gasteiger partial charge on any atom is 0.259 e. The number of aromatic nitrogens is 3. The highest BCUT2D eigenvalue weighted by atomic mass is 35.5. The van der Waals surface area contributed by atoms with E-state index >= 15 is 0 Å². The first-order chi connectivity index (χ1) is 8.20. The molecule has 1 unspecified atom stereocenters. The number of halogens is 1. The largest absolute Gasteiger partial charge is 0.334 e. The minimum Gasteiger partial charge on any atom is -0.334 e. The highest BCUT2D eigenvalue weighted by molar-refractivity contribution is 5.85. The van der Waals surface area contributed by atoms with E-state index in [0.29, 0.717) is 17.8 Å². The fourth-order valence-corrected chi connectivity index (χ4v) is 1.51. The minimum absolute atomic E-state index is 0. The van der Waals surface area contributed by atoms with Crippen LogP contribution >= 0.6 is 12.4 Å². The van der Waals surface area contributed by atoms with Crippen LogP contribution < -0.4 is 5.32 Å². The van der Waals surface area contributed by atoms with Crippen LogP contribution in [0.4, 0.5) is 0 Å². The van der Waals surface area contributed by atoms with Gasteiger partial charge in [-0.1, -0.05) is 5.16 Å². The van der Waals surface area contributed by atoms with Crippen molar-refractivity contribution < 1.29 is 4.52 Å². The number of hydrogen-bond donors (Lipinski definition) is 1. The number of aryl methyl sites for hydroxylation is 1. The Morgan fingerprint density at radius 1 is 1.44 bits per heavy atom. The molecule has 0 aliphatic carbocycles. The van der Waals surface area contributed by atoms with Crippen LogP contribution in [-0.2, 0) is 6.42 Å². The number of pyridine rings is 1. The molecule has 0 saturated heterocycles. The first-order valence-corrected chi connectivity index (χ1v) is 5.61. The van der Waals surface area contributed by atoms with E-state index in [1.165, 1.54) is 0 Å². The topological polar surface area (TPSA) is 63.8 Å². The second kappa shape index (κ2) is 6.47. The van der Waals surface area contributed by atoms with Gasteiger partial charge in [0.15, 0.2) is 5.82 Å². The Morgan fingerprint density at radius 2 is 2.22 bits per heavy atom. The highest BCUT2D eigenvalue weighted by Crippen LogP contribution is 2.19. The molecule has 0 radical (unpaired) electrons. The summed E-state index contributed by atoms with van der Waals surface area (Å²) in [6.07, 6.45) is 4.24. The summed E-state index contributed by atoms with van der Waals surface area (Å²) < 4.78 is 5.25. The van der Waals surface area contributed by atoms with Gasteiger partial charge in [-0.2, -0.15) is 4.98 Å². The summed E-state index contributed by atoms with van der Waals surface area (Å²) in [7, 11) is 1.91. The van der Waals surface area contributed by atoms with Crippen molar-refractivity contribution in [1.29, 1.82) is 0 Å². The molecule has 1 N–H and O–H groups in total. The van der Waals surface area contributed by atoms with Crippen molar-refractivity contribution >= 4 is 12.4 Å². The molecular weight excluding hydrogens is 252 g/mol. The first-order valence-electron chi connectivity index (χ1n) is 5.61. The van der Waals surface area contributed by atoms with Crippen LogP contribution in [-0.4, -0.2) is 28.2 Å². The van der Waals surface area contributed by atoms with Crippen LogP contribution in [0.2, 0.25) is 0 Å². The lowest BCUT2D eigenvalue weighted by Gasteiger charge is -2.04. The number of nitrogens with zero attached hydrogens (tertiary/aromatic N) is 3. The average molecular weight is 269 g/mol. The second-order valence-corrected chi connectivity index (χ2v) is 4.10. The maximum absolute atomic E-state index is 5.25. The average Bonchev–Trinajstić information content (AvgIpc) is 2.78. The van der Waals surface area contributed by atoms with Gasteiger partial charge < -0.3 is 9.84 Å². The first kappa shape index (κ1) is 14.6. The predicted octanol–water partition coefficient (Wildman–Crippen LogP) is 2.01. The van der Waals surface area contributed by atoms with Gasteiger partial charge in [0.1, 0.15) is 0 Å². The zero-order chi connectivity index (χ0) is 12.3. The van der Waals surface area contributed by atoms with Gasteiger partial charge in [-0.25, -0.2) is 0 Å². The minimum atomic E-state index is 0. The number of hydrogen-bond acceptors (Lipinski definition) is 5. The van der Waals surface area contributed by atoms with Gasteiger partial charge in [0.05, 0.1) is 5.56 Å². The summed E-state index contributed by atoms with van der Waals surface area (Å²) in [6, 6.07) is 2.26. The van der Waals surface area contributed by atoms with E-state index in [4.69, 9.17) is 4.52 Å². The van der Waals surface area contributed by atoms with Gasteiger partial charge in [0, 0.05) is 24.9 Å². The van der Waals surface area contributed by atoms with Crippen LogP contribution in [0.1, 0.15) is 18.3 Å². The summed E-state index contributed by atoms with van der Waals surface area (Å²) in [4.78, 5) is 8.44. The third-order valence-electron chi connectivity index (χ3n) is 2.72. The monoisotopic (exact) mass is 268 g/mol. The molecule has 0 spiro atoms. The number of rotatable bonds is 4. The van der Waals surface area contributed by atoms with Gasteiger partial charge in [-0.3, -0.25) is 4.98 Å². The van der Waals surface area contributed by atoms with Gasteiger partial charge >= 0.3 is 0 Å². The summed E-state index contributed by atoms with van der Waals surface area (Å²) in [5, 5.41) is 7.11. The molecule has 2 aromatic rings. The van der Waals surface area contributed by atoms with E-state index in [1.54, 1.807) is 12.4 Å². The Bertz CT molecular complexity index is 500. The van der Waals surface area contributed by atoms with Gasteiger partial charge in [-0.15, -0.1) is 12.4 Å². The normalized spacial score (nSPS) is 11.9. The van der Waals surface area contributed by atoms with Crippen molar-refractivity contribution in [2.45, 2.75) is 26.3 Å². The standard InChI is InChI=1S/C12H16N4O.ClH/c1-8-4-5-14-7-10(8)12-15-11(16-17-12)6-9(2)13-3;/h4-5,7,9,13H,6H2,1-3H3;1H. The Morgan fingerprint density at radius 3 is 2.89 bits per heavy atom. The smallest absolute Gasteiger partial charge is 0.259 e. The van der Waals surface area contributed by atoms with E-state index in [1.807, 2.05) is 20.0 Å². The zero-order valence-corrected chi connectivity index (χ0v) is 11.5. The summed E-state index contributed by atoms with van der Waals surface area (Å²) in [5.41, 5.74) is 1.97. The van der Waals surface area contributed by atoms with Crippen LogP contribution in [0.5, 0.6) is 0 Å². The number of nitrogens with one attached hydrogen (secondary N) is 1. The van der Waals surface area contributed by atoms with Gasteiger partial charge in [0.2, 0.25) is 0 Å². The van der Waals surface area contributed by atoms with Crippen molar-refractivity contribution in [2.24, 2.45) is 0 Å². The van der Waals surface area contributed by atoms with Crippen LogP contribution in [0.3, 0.4) is 0 Å². The van der Waals surface area contributed by atoms with E-state index in [-0.39, 0.29) is 12.4 Å². The van der Waals surface area contributed by atoms with Gasteiger partial charge in [0.25, 0.3) is 5.89 Å². The van der Waals surface area contributed by atoms with Crippen molar-refractivity contribution in [3.63, 3.8) is 0 Å². The predicted molar refractivity (Wildman–Crippen MR) is 71.7 cm³/mol. The molecule has 0 fully saturated rings. The van der Waals surface area contributed by atoms with E-state index in [9.17, 15) is 0 Å². The lowest BCUT2D eigenvalue weighted by Crippen LogP contribution is -2.24. The Balaban J connectivity index is 0.00000162. The van der Waals surface area contributed by atoms with Crippen molar-refractivity contribution in [3.8, 4) is 11.5 Å². The molecule has 0 bridgehead atoms. The lowest BCUT2D eigenvalue weighted by atomic mass is 10.1. The molecule has 1 atom stereocenters. The summed E-state index contributed by atoms with van der Waals surface area (Å²) in [5.74, 6) is 1.25. The second-order valence-electron chi connectivity index (χ2n) is 4.10. The molecule has 0 aliphatic heterocycles. The highest BCUT2D eigenvalue weighted by Gasteiger charge is 2.12. The van der Waals surface area contributed by atoms with Gasteiger partial charge in [-0.05, 0) is 32.5 Å². The zero-order valence-electron chi connectivity index (χ0n) is 10.7. The molecule has 2 heterocycles. The maximum atomic E-state index is 5.25. The molecule has 18 heavy (non-hydrogen) atoms. The molecule has 0 amide bonds. The molecule has 0 aromatic carbocycles. The Hall–Kier alpha value is -1.46. The molecule has 6 heteroatoms. The summed E-state index contributed by atoms with van der Waals surface area (Å²) in [6.45, 7) is 4.07.